The van der Waals surface area contributed by atoms with Crippen molar-refractivity contribution in [1.29, 1.82) is 0 Å². The highest BCUT2D eigenvalue weighted by Gasteiger charge is 2.08. The Kier molecular flexibility index (Phi) is 8.03. The Labute approximate surface area is 195 Å². The minimum Gasteiger partial charge on any atom is -0.383 e. The van der Waals surface area contributed by atoms with Crippen LogP contribution in [0.25, 0.3) is 11.3 Å². The number of hydrogen-bond acceptors (Lipinski definition) is 7. The van der Waals surface area contributed by atoms with Crippen LogP contribution in [0.1, 0.15) is 11.1 Å². The molecule has 0 unspecified atom stereocenters. The minimum absolute atomic E-state index is 0.497. The first-order valence-corrected chi connectivity index (χ1v) is 11.2. The van der Waals surface area contributed by atoms with Gasteiger partial charge >= 0.3 is 0 Å². The third kappa shape index (κ3) is 6.86. The van der Waals surface area contributed by atoms with Gasteiger partial charge in [0.15, 0.2) is 0 Å². The van der Waals surface area contributed by atoms with Gasteiger partial charge in [0.1, 0.15) is 0 Å². The maximum Gasteiger partial charge on any atom is 0.227 e. The van der Waals surface area contributed by atoms with E-state index in [0.29, 0.717) is 32.4 Å². The van der Waals surface area contributed by atoms with Gasteiger partial charge in [0.25, 0.3) is 0 Å². The lowest BCUT2D eigenvalue weighted by molar-refractivity contribution is 0.140. The van der Waals surface area contributed by atoms with Crippen LogP contribution in [0.2, 0.25) is 0 Å². The quantitative estimate of drug-likeness (QED) is 0.575. The number of likely N-dealkylation sites (N-methyl/N-ethyl adjacent to an activating group) is 1. The van der Waals surface area contributed by atoms with Gasteiger partial charge in [-0.2, -0.15) is 0 Å². The van der Waals surface area contributed by atoms with Crippen molar-refractivity contribution in [2.75, 3.05) is 51.0 Å². The number of hydrogen-bond donors (Lipinski definition) is 2. The molecule has 2 N–H and O–H groups in total. The molecular formula is C26H31N5O2. The number of ether oxygens (including phenoxy) is 2. The van der Waals surface area contributed by atoms with Gasteiger partial charge < -0.3 is 25.0 Å². The molecular weight excluding hydrogens is 414 g/mol. The first-order valence-electron chi connectivity index (χ1n) is 11.2. The summed E-state index contributed by atoms with van der Waals surface area (Å²) in [5, 5.41) is 6.86. The Hall–Kier alpha value is -3.26. The van der Waals surface area contributed by atoms with Crippen LogP contribution in [0.3, 0.4) is 0 Å². The highest BCUT2D eigenvalue weighted by atomic mass is 16.5. The van der Waals surface area contributed by atoms with Gasteiger partial charge in [0.2, 0.25) is 5.95 Å². The molecule has 2 heterocycles. The lowest BCUT2D eigenvalue weighted by Gasteiger charge is -2.16. The van der Waals surface area contributed by atoms with Gasteiger partial charge in [-0.1, -0.05) is 30.4 Å². The third-order valence-electron chi connectivity index (χ3n) is 5.24. The molecule has 33 heavy (non-hydrogen) atoms. The van der Waals surface area contributed by atoms with E-state index in [4.69, 9.17) is 14.5 Å². The lowest BCUT2D eigenvalue weighted by atomic mass is 10.1. The molecule has 0 fully saturated rings. The first kappa shape index (κ1) is 22.9. The zero-order chi connectivity index (χ0) is 22.9. The van der Waals surface area contributed by atoms with Crippen LogP contribution in [0.4, 0.5) is 17.3 Å². The number of anilines is 3. The molecule has 3 aromatic rings. The van der Waals surface area contributed by atoms with Crippen LogP contribution >= 0.6 is 0 Å². The maximum atomic E-state index is 5.91. The third-order valence-corrected chi connectivity index (χ3v) is 5.24. The summed E-state index contributed by atoms with van der Waals surface area (Å²) < 4.78 is 11.7. The van der Waals surface area contributed by atoms with Gasteiger partial charge in [0, 0.05) is 41.8 Å². The average Bonchev–Trinajstić information content (AvgIpc) is 2.81. The standard InChI is InChI=1S/C26H31N5O2/c1-31(2)13-12-27-24-9-8-23-17-22(24)19-33-15-4-3-14-32-18-20-6-5-7-21(16-20)25-10-11-28-26(29-23)30-25/h3-11,16-17,27H,12-15,18-19H2,1-2H3,(H,28,29,30)/b4-3+. The van der Waals surface area contributed by atoms with Gasteiger partial charge in [0.05, 0.1) is 32.1 Å². The number of nitrogens with zero attached hydrogens (tertiary/aromatic N) is 3. The van der Waals surface area contributed by atoms with E-state index >= 15 is 0 Å². The molecule has 1 aliphatic heterocycles. The summed E-state index contributed by atoms with van der Waals surface area (Å²) in [5.74, 6) is 0.554. The van der Waals surface area contributed by atoms with Gasteiger partial charge in [-0.3, -0.25) is 0 Å². The van der Waals surface area contributed by atoms with E-state index in [-0.39, 0.29) is 0 Å². The van der Waals surface area contributed by atoms with Crippen molar-refractivity contribution in [3.63, 3.8) is 0 Å². The van der Waals surface area contributed by atoms with Crippen LogP contribution in [-0.4, -0.2) is 55.3 Å². The van der Waals surface area contributed by atoms with Crippen LogP contribution in [0.5, 0.6) is 0 Å². The fourth-order valence-corrected chi connectivity index (χ4v) is 3.52. The normalized spacial score (nSPS) is 15.2. The molecule has 6 bridgehead atoms. The Morgan fingerprint density at radius 3 is 2.70 bits per heavy atom. The van der Waals surface area contributed by atoms with Crippen molar-refractivity contribution in [2.45, 2.75) is 13.2 Å². The largest absolute Gasteiger partial charge is 0.383 e. The van der Waals surface area contributed by atoms with Gasteiger partial charge in [-0.25, -0.2) is 9.97 Å². The average molecular weight is 446 g/mol. The number of benzene rings is 2. The van der Waals surface area contributed by atoms with E-state index in [1.165, 1.54) is 0 Å². The zero-order valence-electron chi connectivity index (χ0n) is 19.3. The molecule has 0 aliphatic carbocycles. The molecule has 2 aromatic carbocycles. The molecule has 1 aromatic heterocycles. The highest BCUT2D eigenvalue weighted by molar-refractivity contribution is 5.65. The van der Waals surface area contributed by atoms with E-state index in [0.717, 1.165) is 46.8 Å². The summed E-state index contributed by atoms with van der Waals surface area (Å²) in [6, 6.07) is 16.4. The molecule has 0 spiro atoms. The van der Waals surface area contributed by atoms with E-state index in [2.05, 4.69) is 64.9 Å². The zero-order valence-corrected chi connectivity index (χ0v) is 19.3. The second-order valence-corrected chi connectivity index (χ2v) is 8.19. The Morgan fingerprint density at radius 1 is 1.00 bits per heavy atom. The monoisotopic (exact) mass is 445 g/mol. The molecule has 172 valence electrons. The van der Waals surface area contributed by atoms with Crippen LogP contribution in [-0.2, 0) is 22.7 Å². The van der Waals surface area contributed by atoms with Crippen molar-refractivity contribution in [3.8, 4) is 11.3 Å². The van der Waals surface area contributed by atoms with Gasteiger partial charge in [-0.15, -0.1) is 0 Å². The Morgan fingerprint density at radius 2 is 1.85 bits per heavy atom. The summed E-state index contributed by atoms with van der Waals surface area (Å²) in [7, 11) is 4.14. The van der Waals surface area contributed by atoms with E-state index in [9.17, 15) is 0 Å². The number of nitrogens with one attached hydrogen (secondary N) is 2. The molecule has 0 saturated heterocycles. The SMILES string of the molecule is CN(C)CCNc1ccc2cc1COC/C=C/COCc1cccc(c1)-c1ccnc(n1)N2. The van der Waals surface area contributed by atoms with Crippen molar-refractivity contribution >= 4 is 17.3 Å². The van der Waals surface area contributed by atoms with E-state index < -0.39 is 0 Å². The molecule has 7 heteroatoms. The summed E-state index contributed by atoms with van der Waals surface area (Å²) in [6.45, 7) is 3.91. The second kappa shape index (κ2) is 11.6. The van der Waals surface area contributed by atoms with Crippen molar-refractivity contribution in [3.05, 3.63) is 78.0 Å². The lowest BCUT2D eigenvalue weighted by Crippen LogP contribution is -2.21. The fourth-order valence-electron chi connectivity index (χ4n) is 3.52. The summed E-state index contributed by atoms with van der Waals surface area (Å²) in [6.07, 6.45) is 5.77. The number of aromatic nitrogens is 2. The Bertz CT molecular complexity index is 1080. The van der Waals surface area contributed by atoms with E-state index in [1.54, 1.807) is 6.20 Å². The van der Waals surface area contributed by atoms with Crippen molar-refractivity contribution < 1.29 is 9.47 Å². The molecule has 0 atom stereocenters. The summed E-state index contributed by atoms with van der Waals surface area (Å²) >= 11 is 0. The molecule has 7 nitrogen and oxygen atoms in total. The van der Waals surface area contributed by atoms with Crippen LogP contribution in [0, 0.1) is 0 Å². The number of fused-ring (bicyclic) bond motifs is 7. The fraction of sp³-hybridized carbons (Fsp3) is 0.308. The predicted molar refractivity (Wildman–Crippen MR) is 133 cm³/mol. The van der Waals surface area contributed by atoms with Crippen LogP contribution in [0.15, 0.2) is 66.9 Å². The minimum atomic E-state index is 0.497. The van der Waals surface area contributed by atoms with Crippen molar-refractivity contribution in [1.82, 2.24) is 14.9 Å². The Balaban J connectivity index is 1.61. The number of rotatable bonds is 4. The first-order chi connectivity index (χ1) is 16.2. The maximum absolute atomic E-state index is 5.91. The smallest absolute Gasteiger partial charge is 0.227 e. The van der Waals surface area contributed by atoms with E-state index in [1.807, 2.05) is 30.4 Å². The summed E-state index contributed by atoms with van der Waals surface area (Å²) in [4.78, 5) is 11.3. The second-order valence-electron chi connectivity index (χ2n) is 8.19. The van der Waals surface area contributed by atoms with Crippen LogP contribution < -0.4 is 10.6 Å². The topological polar surface area (TPSA) is 71.5 Å². The predicted octanol–water partition coefficient (Wildman–Crippen LogP) is 4.46. The van der Waals surface area contributed by atoms with Gasteiger partial charge in [-0.05, 0) is 50.0 Å². The summed E-state index contributed by atoms with van der Waals surface area (Å²) in [5.41, 5.74) is 6.06. The van der Waals surface area contributed by atoms with Crippen molar-refractivity contribution in [2.24, 2.45) is 0 Å². The highest BCUT2D eigenvalue weighted by Crippen LogP contribution is 2.25. The molecule has 0 radical (unpaired) electrons. The molecule has 4 rings (SSSR count). The molecule has 0 amide bonds. The molecule has 0 saturated carbocycles. The molecule has 1 aliphatic rings.